The van der Waals surface area contributed by atoms with Crippen LogP contribution in [0, 0.1) is 0 Å². The van der Waals surface area contributed by atoms with E-state index in [0.29, 0.717) is 36.1 Å². The number of aliphatic hydroxyl groups excluding tert-OH is 2. The number of thioether (sulfide) groups is 1. The van der Waals surface area contributed by atoms with Gasteiger partial charge in [-0.1, -0.05) is 11.2 Å². The fourth-order valence-corrected chi connectivity index (χ4v) is 6.44. The van der Waals surface area contributed by atoms with Crippen LogP contribution in [0.2, 0.25) is 0 Å². The molecule has 5 N–H and O–H groups in total. The molecule has 0 radical (unpaired) electrons. The average molecular weight is 553 g/mol. The number of hydrogen-bond acceptors (Lipinski definition) is 12. The number of quaternary nitrogens is 1. The lowest BCUT2D eigenvalue weighted by atomic mass is 10.0. The molecule has 2 fully saturated rings. The Hall–Kier alpha value is -2.98. The number of fused-ring (bicyclic) bond motifs is 1. The number of aliphatic carboxylic acids is 1. The van der Waals surface area contributed by atoms with Gasteiger partial charge in [0.05, 0.1) is 37.9 Å². The number of nitrogens with two attached hydrogens (primary N) is 1. The predicted molar refractivity (Wildman–Crippen MR) is 134 cm³/mol. The van der Waals surface area contributed by atoms with E-state index in [1.165, 1.54) is 24.3 Å². The third-order valence-electron chi connectivity index (χ3n) is 6.54. The number of likely N-dealkylation sites (tertiary alicyclic amines) is 1. The van der Waals surface area contributed by atoms with Crippen LogP contribution in [0.25, 0.3) is 0 Å². The molecule has 3 aliphatic rings. The molecule has 1 aromatic heterocycles. The summed E-state index contributed by atoms with van der Waals surface area (Å²) in [6.45, 7) is 1.55. The quantitative estimate of drug-likeness (QED) is 0.117. The zero-order valence-corrected chi connectivity index (χ0v) is 21.8. The van der Waals surface area contributed by atoms with Gasteiger partial charge in [-0.2, -0.15) is 0 Å². The summed E-state index contributed by atoms with van der Waals surface area (Å²) in [6, 6.07) is -0.971. The van der Waals surface area contributed by atoms with E-state index in [2.05, 4.69) is 15.5 Å². The number of aliphatic hydroxyl groups is 2. The molecule has 2 saturated heterocycles. The minimum absolute atomic E-state index is 0.159. The summed E-state index contributed by atoms with van der Waals surface area (Å²) in [4.78, 5) is 47.7. The van der Waals surface area contributed by atoms with Crippen LogP contribution in [0.3, 0.4) is 0 Å². The highest BCUT2D eigenvalue weighted by Gasteiger charge is 2.53. The molecular formula is C22H28N6O7S2. The third kappa shape index (κ3) is 5.50. The van der Waals surface area contributed by atoms with Crippen LogP contribution in [0.1, 0.15) is 12.1 Å². The second kappa shape index (κ2) is 10.8. The Kier molecular flexibility index (Phi) is 7.89. The Morgan fingerprint density at radius 1 is 1.43 bits per heavy atom. The number of β-lactam (4-membered cyclic amide) rings is 1. The van der Waals surface area contributed by atoms with Crippen LogP contribution in [-0.4, -0.2) is 111 Å². The number of likely N-dealkylation sites (N-methyl/N-ethyl adjacent to an activating group) is 1. The van der Waals surface area contributed by atoms with Gasteiger partial charge in [-0.15, -0.1) is 23.1 Å². The first-order valence-corrected chi connectivity index (χ1v) is 13.4. The number of allylic oxidation sites excluding steroid dienone is 1. The number of hydrogen-bond donors (Lipinski definition) is 4. The fourth-order valence-electron chi connectivity index (χ4n) is 4.58. The molecule has 13 nitrogen and oxygen atoms in total. The Morgan fingerprint density at radius 3 is 2.81 bits per heavy atom. The molecule has 4 rings (SSSR count). The monoisotopic (exact) mass is 552 g/mol. The molecule has 3 aliphatic heterocycles. The standard InChI is InChI=1S/C22H28N6O7S2/c1-28(7-5-13(29)14(30)8-28)6-3-4-11-9-36-20-16(19(32)27(20)17(11)21(33)34)25-18(31)15(26-35-2)12-10-37-22(23)24-12/h3-4,10,13-14,16,20,29-30H,5-9H2,1-2H3,(H3-,23,24,25,31,33,34)/b4-3+,26-15-/t13-,14-,16-,20-,28?/m1/s1. The van der Waals surface area contributed by atoms with Crippen molar-refractivity contribution in [2.45, 2.75) is 30.0 Å². The molecule has 1 unspecified atom stereocenters. The summed E-state index contributed by atoms with van der Waals surface area (Å²) in [5, 5.41) is 39.2. The second-order valence-electron chi connectivity index (χ2n) is 9.25. The van der Waals surface area contributed by atoms with Crippen molar-refractivity contribution in [3.8, 4) is 0 Å². The molecule has 5 atom stereocenters. The highest BCUT2D eigenvalue weighted by Crippen LogP contribution is 2.40. The van der Waals surface area contributed by atoms with Crippen LogP contribution in [0.5, 0.6) is 0 Å². The number of oxime groups is 1. The molecule has 37 heavy (non-hydrogen) atoms. The van der Waals surface area contributed by atoms with Gasteiger partial charge in [0.2, 0.25) is 0 Å². The van der Waals surface area contributed by atoms with Gasteiger partial charge in [-0.3, -0.25) is 14.5 Å². The molecule has 4 heterocycles. The van der Waals surface area contributed by atoms with Gasteiger partial charge < -0.3 is 40.5 Å². The van der Waals surface area contributed by atoms with Gasteiger partial charge in [0.1, 0.15) is 36.9 Å². The summed E-state index contributed by atoms with van der Waals surface area (Å²) >= 11 is 2.43. The van der Waals surface area contributed by atoms with Crippen LogP contribution in [0.15, 0.2) is 34.0 Å². The highest BCUT2D eigenvalue weighted by molar-refractivity contribution is 8.00. The number of aromatic nitrogens is 1. The molecule has 0 aromatic carbocycles. The Morgan fingerprint density at radius 2 is 2.19 bits per heavy atom. The summed E-state index contributed by atoms with van der Waals surface area (Å²) in [5.41, 5.74) is 5.86. The van der Waals surface area contributed by atoms with E-state index < -0.39 is 41.4 Å². The third-order valence-corrected chi connectivity index (χ3v) is 8.52. The number of nitrogens with zero attached hydrogens (tertiary/aromatic N) is 4. The van der Waals surface area contributed by atoms with E-state index in [1.807, 2.05) is 7.05 Å². The number of thiazole rings is 1. The van der Waals surface area contributed by atoms with Crippen molar-refractivity contribution in [2.75, 3.05) is 45.3 Å². The maximum atomic E-state index is 12.9. The highest BCUT2D eigenvalue weighted by atomic mass is 32.2. The molecule has 0 spiro atoms. The van der Waals surface area contributed by atoms with Crippen molar-refractivity contribution in [2.24, 2.45) is 5.16 Å². The first kappa shape index (κ1) is 27.1. The number of piperidine rings is 1. The molecule has 1 aromatic rings. The topological polar surface area (TPSA) is 190 Å². The number of carboxylic acid groups (broad SMARTS) is 1. The average Bonchev–Trinajstić information content (AvgIpc) is 3.28. The van der Waals surface area contributed by atoms with Gasteiger partial charge in [-0.25, -0.2) is 4.98 Å². The number of nitrogen functional groups attached to an aromatic ring is 1. The number of carbonyl (C=O) groups excluding carboxylic acids is 3. The van der Waals surface area contributed by atoms with E-state index in [-0.39, 0.29) is 28.0 Å². The Balaban J connectivity index is 1.46. The van der Waals surface area contributed by atoms with Crippen LogP contribution >= 0.6 is 23.1 Å². The number of amides is 2. The van der Waals surface area contributed by atoms with Crippen molar-refractivity contribution >= 4 is 51.7 Å². The number of carboxylic acids is 1. The van der Waals surface area contributed by atoms with Crippen LogP contribution < -0.4 is 16.2 Å². The number of anilines is 1. The zero-order chi connectivity index (χ0) is 26.9. The smallest absolute Gasteiger partial charge is 0.276 e. The Bertz CT molecular complexity index is 1180. The SMILES string of the molecule is CO/N=C(\C(=O)N[C@@H]1C(=O)N2C(C(=O)[O-])=C(/C=C/C[N+]3(C)CC[C@@H](O)[C@H](O)C3)CS[C@H]12)c1csc(N)n1. The van der Waals surface area contributed by atoms with Crippen molar-refractivity contribution in [1.29, 1.82) is 0 Å². The minimum atomic E-state index is -1.49. The van der Waals surface area contributed by atoms with E-state index in [4.69, 9.17) is 10.6 Å². The number of rotatable bonds is 8. The molecule has 0 aliphatic carbocycles. The summed E-state index contributed by atoms with van der Waals surface area (Å²) in [7, 11) is 3.22. The van der Waals surface area contributed by atoms with Crippen molar-refractivity contribution < 1.29 is 39.0 Å². The van der Waals surface area contributed by atoms with Gasteiger partial charge in [0, 0.05) is 17.6 Å². The minimum Gasteiger partial charge on any atom is -0.543 e. The van der Waals surface area contributed by atoms with Gasteiger partial charge in [-0.05, 0) is 11.6 Å². The van der Waals surface area contributed by atoms with Crippen molar-refractivity contribution in [1.82, 2.24) is 15.2 Å². The van der Waals surface area contributed by atoms with E-state index in [0.717, 1.165) is 16.2 Å². The van der Waals surface area contributed by atoms with E-state index in [9.17, 15) is 29.7 Å². The van der Waals surface area contributed by atoms with Gasteiger partial charge in [0.25, 0.3) is 11.8 Å². The van der Waals surface area contributed by atoms with E-state index in [1.54, 1.807) is 12.2 Å². The molecule has 2 amide bonds. The Labute approximate surface area is 220 Å². The largest absolute Gasteiger partial charge is 0.543 e. The first-order chi connectivity index (χ1) is 17.5. The van der Waals surface area contributed by atoms with E-state index >= 15 is 0 Å². The predicted octanol–water partition coefficient (Wildman–Crippen LogP) is -2.39. The van der Waals surface area contributed by atoms with Crippen LogP contribution in [-0.2, 0) is 19.2 Å². The van der Waals surface area contributed by atoms with Gasteiger partial charge >= 0.3 is 0 Å². The molecule has 0 bridgehead atoms. The molecule has 0 saturated carbocycles. The normalized spacial score (nSPS) is 30.2. The summed E-state index contributed by atoms with van der Waals surface area (Å²) in [5.74, 6) is -2.49. The second-order valence-corrected chi connectivity index (χ2v) is 11.2. The lowest BCUT2D eigenvalue weighted by Gasteiger charge is -2.50. The fraction of sp³-hybridized carbons (Fsp3) is 0.500. The summed E-state index contributed by atoms with van der Waals surface area (Å²) < 4.78 is 0.491. The first-order valence-electron chi connectivity index (χ1n) is 11.4. The lowest BCUT2D eigenvalue weighted by Crippen LogP contribution is -2.71. The van der Waals surface area contributed by atoms with Crippen LogP contribution in [0.4, 0.5) is 5.13 Å². The van der Waals surface area contributed by atoms with Crippen molar-refractivity contribution in [3.63, 3.8) is 0 Å². The maximum absolute atomic E-state index is 12.9. The maximum Gasteiger partial charge on any atom is 0.276 e. The number of nitrogens with one attached hydrogen (secondary N) is 1. The number of carbonyl (C=O) groups is 3. The van der Waals surface area contributed by atoms with Crippen molar-refractivity contribution in [3.05, 3.63) is 34.5 Å². The molecule has 200 valence electrons. The molecule has 15 heteroatoms. The van der Waals surface area contributed by atoms with Gasteiger partial charge in [0.15, 0.2) is 10.8 Å². The lowest BCUT2D eigenvalue weighted by molar-refractivity contribution is -0.913. The zero-order valence-electron chi connectivity index (χ0n) is 20.2. The molecular weight excluding hydrogens is 524 g/mol. The summed E-state index contributed by atoms with van der Waals surface area (Å²) in [6.07, 6.45) is 2.38.